The van der Waals surface area contributed by atoms with E-state index in [0.717, 1.165) is 12.8 Å². The number of carbonyl (C=O) groups is 1. The zero-order valence-electron chi connectivity index (χ0n) is 15.4. The van der Waals surface area contributed by atoms with Crippen molar-refractivity contribution in [1.82, 2.24) is 20.1 Å². The maximum absolute atomic E-state index is 13.1. The summed E-state index contributed by atoms with van der Waals surface area (Å²) in [6.45, 7) is 1.93. The fourth-order valence-electron chi connectivity index (χ4n) is 3.85. The number of aliphatic hydroxyl groups excluding tert-OH is 1. The Morgan fingerprint density at radius 1 is 1.30 bits per heavy atom. The van der Waals surface area contributed by atoms with E-state index in [1.54, 1.807) is 30.2 Å². The monoisotopic (exact) mass is 372 g/mol. The molecule has 27 heavy (non-hydrogen) atoms. The predicted molar refractivity (Wildman–Crippen MR) is 95.2 cm³/mol. The van der Waals surface area contributed by atoms with Crippen LogP contribution >= 0.6 is 0 Å². The molecule has 2 atom stereocenters. The summed E-state index contributed by atoms with van der Waals surface area (Å²) < 4.78 is 11.5. The Kier molecular flexibility index (Phi) is 5.07. The molecular formula is C19H24N4O4. The van der Waals surface area contributed by atoms with Crippen LogP contribution in [0.4, 0.5) is 0 Å². The Labute approximate surface area is 157 Å². The van der Waals surface area contributed by atoms with Crippen molar-refractivity contribution in [2.45, 2.75) is 63.7 Å². The predicted octanol–water partition coefficient (Wildman–Crippen LogP) is 2.43. The van der Waals surface area contributed by atoms with Crippen molar-refractivity contribution in [2.75, 3.05) is 6.54 Å². The molecule has 1 aliphatic carbocycles. The molecule has 2 aromatic rings. The number of likely N-dealkylation sites (tertiary alicyclic amines) is 1. The van der Waals surface area contributed by atoms with Gasteiger partial charge in [0.1, 0.15) is 12.1 Å². The van der Waals surface area contributed by atoms with Crippen molar-refractivity contribution in [1.29, 1.82) is 0 Å². The van der Waals surface area contributed by atoms with E-state index in [1.807, 2.05) is 0 Å². The number of hydrogen-bond acceptors (Lipinski definition) is 7. The molecule has 0 radical (unpaired) electrons. The number of hydrogen-bond donors (Lipinski definition) is 1. The average Bonchev–Trinajstić information content (AvgIpc) is 3.27. The van der Waals surface area contributed by atoms with Gasteiger partial charge in [0, 0.05) is 37.7 Å². The molecule has 1 amide bonds. The molecule has 0 unspecified atom stereocenters. The minimum absolute atomic E-state index is 0.166. The van der Waals surface area contributed by atoms with Gasteiger partial charge in [0.15, 0.2) is 0 Å². The summed E-state index contributed by atoms with van der Waals surface area (Å²) in [5, 5.41) is 17.9. The van der Waals surface area contributed by atoms with Crippen LogP contribution in [0.1, 0.15) is 66.7 Å². The highest BCUT2D eigenvalue weighted by Gasteiger charge is 2.39. The molecule has 1 aliphatic heterocycles. The summed E-state index contributed by atoms with van der Waals surface area (Å²) in [6.07, 6.45) is 7.15. The SMILES string of the molecule is Cc1nnc([C@H]2C[C@@H](O)CN2C(=O)c2ccnc(OC3CCCCC3)c2)o1. The maximum atomic E-state index is 13.1. The van der Waals surface area contributed by atoms with Crippen molar-refractivity contribution >= 4 is 5.91 Å². The summed E-state index contributed by atoms with van der Waals surface area (Å²) in [4.78, 5) is 18.9. The van der Waals surface area contributed by atoms with Gasteiger partial charge in [-0.05, 0) is 31.7 Å². The van der Waals surface area contributed by atoms with Gasteiger partial charge in [0.2, 0.25) is 17.7 Å². The number of nitrogens with zero attached hydrogens (tertiary/aromatic N) is 4. The van der Waals surface area contributed by atoms with Gasteiger partial charge < -0.3 is 19.2 Å². The van der Waals surface area contributed by atoms with E-state index in [-0.39, 0.29) is 18.6 Å². The number of ether oxygens (including phenoxy) is 1. The molecule has 0 spiro atoms. The van der Waals surface area contributed by atoms with Gasteiger partial charge in [-0.15, -0.1) is 10.2 Å². The number of aryl methyl sites for hydroxylation is 1. The van der Waals surface area contributed by atoms with Crippen molar-refractivity contribution in [3.05, 3.63) is 35.7 Å². The molecule has 3 heterocycles. The standard InChI is InChI=1S/C19H24N4O4/c1-12-21-22-18(26-12)16-10-14(24)11-23(16)19(25)13-7-8-20-17(9-13)27-15-5-3-2-4-6-15/h7-9,14-16,24H,2-6,10-11H2,1H3/t14-,16-/m1/s1. The highest BCUT2D eigenvalue weighted by molar-refractivity contribution is 5.94. The lowest BCUT2D eigenvalue weighted by molar-refractivity contribution is 0.0696. The van der Waals surface area contributed by atoms with Crippen molar-refractivity contribution in [3.8, 4) is 5.88 Å². The number of amides is 1. The van der Waals surface area contributed by atoms with Crippen LogP contribution in [0.5, 0.6) is 5.88 Å². The largest absolute Gasteiger partial charge is 0.474 e. The average molecular weight is 372 g/mol. The maximum Gasteiger partial charge on any atom is 0.254 e. The lowest BCUT2D eigenvalue weighted by Crippen LogP contribution is -2.32. The van der Waals surface area contributed by atoms with Crippen LogP contribution in [0.3, 0.4) is 0 Å². The van der Waals surface area contributed by atoms with Gasteiger partial charge >= 0.3 is 0 Å². The van der Waals surface area contributed by atoms with Crippen LogP contribution in [-0.2, 0) is 0 Å². The number of aliphatic hydroxyl groups is 1. The van der Waals surface area contributed by atoms with Gasteiger partial charge in [0.25, 0.3) is 5.91 Å². The summed E-state index contributed by atoms with van der Waals surface area (Å²) in [5.41, 5.74) is 0.478. The van der Waals surface area contributed by atoms with E-state index < -0.39 is 12.1 Å². The molecule has 144 valence electrons. The van der Waals surface area contributed by atoms with Crippen LogP contribution in [0.25, 0.3) is 0 Å². The van der Waals surface area contributed by atoms with E-state index >= 15 is 0 Å². The Bertz CT molecular complexity index is 803. The van der Waals surface area contributed by atoms with Gasteiger partial charge in [-0.1, -0.05) is 6.42 Å². The third kappa shape index (κ3) is 3.95. The number of β-amino-alcohol motifs (C(OH)–C–C–N with tert-alkyl or cyclic N) is 1. The first kappa shape index (κ1) is 17.9. The molecule has 0 bridgehead atoms. The Hall–Kier alpha value is -2.48. The molecule has 8 heteroatoms. The molecule has 2 aliphatic rings. The zero-order valence-corrected chi connectivity index (χ0v) is 15.4. The first-order valence-corrected chi connectivity index (χ1v) is 9.52. The minimum atomic E-state index is -0.619. The first-order chi connectivity index (χ1) is 13.1. The van der Waals surface area contributed by atoms with Gasteiger partial charge in [-0.25, -0.2) is 4.98 Å². The molecule has 8 nitrogen and oxygen atoms in total. The van der Waals surface area contributed by atoms with E-state index in [1.165, 1.54) is 19.3 Å². The molecule has 2 fully saturated rings. The van der Waals surface area contributed by atoms with Crippen molar-refractivity contribution < 1.29 is 19.1 Å². The number of carbonyl (C=O) groups excluding carboxylic acids is 1. The van der Waals surface area contributed by atoms with E-state index in [0.29, 0.717) is 29.6 Å². The number of aromatic nitrogens is 3. The quantitative estimate of drug-likeness (QED) is 0.879. The molecular weight excluding hydrogens is 348 g/mol. The molecule has 0 aromatic carbocycles. The molecule has 4 rings (SSSR count). The second-order valence-corrected chi connectivity index (χ2v) is 7.28. The Morgan fingerprint density at radius 3 is 2.85 bits per heavy atom. The smallest absolute Gasteiger partial charge is 0.254 e. The van der Waals surface area contributed by atoms with Crippen LogP contribution in [-0.4, -0.2) is 49.8 Å². The Balaban J connectivity index is 1.51. The topological polar surface area (TPSA) is 102 Å². The zero-order chi connectivity index (χ0) is 18.8. The number of pyridine rings is 1. The molecule has 1 saturated carbocycles. The molecule has 2 aromatic heterocycles. The fraction of sp³-hybridized carbons (Fsp3) is 0.579. The summed E-state index contributed by atoms with van der Waals surface area (Å²) in [5.74, 6) is 1.05. The normalized spacial score (nSPS) is 23.6. The van der Waals surface area contributed by atoms with Gasteiger partial charge in [0.05, 0.1) is 6.10 Å². The summed E-state index contributed by atoms with van der Waals surface area (Å²) in [7, 11) is 0. The van der Waals surface area contributed by atoms with Gasteiger partial charge in [-0.2, -0.15) is 0 Å². The fourth-order valence-corrected chi connectivity index (χ4v) is 3.85. The van der Waals surface area contributed by atoms with E-state index in [9.17, 15) is 9.90 Å². The van der Waals surface area contributed by atoms with Crippen molar-refractivity contribution in [3.63, 3.8) is 0 Å². The second kappa shape index (κ2) is 7.64. The minimum Gasteiger partial charge on any atom is -0.474 e. The second-order valence-electron chi connectivity index (χ2n) is 7.28. The molecule has 1 saturated heterocycles. The van der Waals surface area contributed by atoms with E-state index in [4.69, 9.17) is 9.15 Å². The highest BCUT2D eigenvalue weighted by atomic mass is 16.5. The number of rotatable bonds is 4. The lowest BCUT2D eigenvalue weighted by Gasteiger charge is -2.23. The summed E-state index contributed by atoms with van der Waals surface area (Å²) in [6, 6.07) is 2.92. The highest BCUT2D eigenvalue weighted by Crippen LogP contribution is 2.33. The van der Waals surface area contributed by atoms with Crippen LogP contribution in [0.15, 0.2) is 22.7 Å². The van der Waals surface area contributed by atoms with E-state index in [2.05, 4.69) is 15.2 Å². The van der Waals surface area contributed by atoms with Crippen LogP contribution in [0, 0.1) is 6.92 Å². The third-order valence-electron chi connectivity index (χ3n) is 5.19. The van der Waals surface area contributed by atoms with Crippen molar-refractivity contribution in [2.24, 2.45) is 0 Å². The van der Waals surface area contributed by atoms with Crippen LogP contribution < -0.4 is 4.74 Å². The summed E-state index contributed by atoms with van der Waals surface area (Å²) >= 11 is 0. The molecule has 1 N–H and O–H groups in total. The first-order valence-electron chi connectivity index (χ1n) is 9.52. The third-order valence-corrected chi connectivity index (χ3v) is 5.19. The lowest BCUT2D eigenvalue weighted by atomic mass is 9.98. The van der Waals surface area contributed by atoms with Gasteiger partial charge in [-0.3, -0.25) is 4.79 Å². The van der Waals surface area contributed by atoms with Crippen LogP contribution in [0.2, 0.25) is 0 Å². The Morgan fingerprint density at radius 2 is 2.11 bits per heavy atom.